The summed E-state index contributed by atoms with van der Waals surface area (Å²) < 4.78 is 53.4. The predicted molar refractivity (Wildman–Crippen MR) is 85.4 cm³/mol. The molecule has 0 saturated carbocycles. The molecule has 0 fully saturated rings. The number of hydrogen-bond acceptors (Lipinski definition) is 3. The third-order valence-corrected chi connectivity index (χ3v) is 3.45. The predicted octanol–water partition coefficient (Wildman–Crippen LogP) is 3.36. The van der Waals surface area contributed by atoms with Crippen molar-refractivity contribution in [3.63, 3.8) is 0 Å². The molecule has 2 aromatic carbocycles. The largest absolute Gasteiger partial charge is 0.417 e. The number of rotatable bonds is 2. The van der Waals surface area contributed by atoms with Gasteiger partial charge in [0.25, 0.3) is 0 Å². The summed E-state index contributed by atoms with van der Waals surface area (Å²) in [6, 6.07) is 8.77. The average Bonchev–Trinajstić information content (AvgIpc) is 2.54. The molecule has 0 saturated heterocycles. The maximum atomic E-state index is 13.4. The first-order valence-corrected chi connectivity index (χ1v) is 6.99. The minimum atomic E-state index is -4.64. The van der Waals surface area contributed by atoms with Gasteiger partial charge in [-0.3, -0.25) is 0 Å². The quantitative estimate of drug-likeness (QED) is 0.422. The van der Waals surface area contributed by atoms with Crippen molar-refractivity contribution in [3.8, 4) is 11.3 Å². The van der Waals surface area contributed by atoms with Gasteiger partial charge in [-0.15, -0.1) is 10.2 Å². The number of hydrogen-bond donors (Lipinski definition) is 2. The Hall–Kier alpha value is -3.23. The Morgan fingerprint density at radius 3 is 2.24 bits per heavy atom. The first kappa shape index (κ1) is 16.6. The normalized spacial score (nSPS) is 11.5. The number of benzene rings is 2. The van der Waals surface area contributed by atoms with Crippen LogP contribution in [-0.4, -0.2) is 16.2 Å². The van der Waals surface area contributed by atoms with Gasteiger partial charge in [0.1, 0.15) is 11.5 Å². The van der Waals surface area contributed by atoms with Crippen LogP contribution in [0.2, 0.25) is 0 Å². The second-order valence-corrected chi connectivity index (χ2v) is 5.14. The van der Waals surface area contributed by atoms with Crippen LogP contribution >= 0.6 is 0 Å². The highest BCUT2D eigenvalue weighted by molar-refractivity contribution is 6.02. The van der Waals surface area contributed by atoms with Crippen molar-refractivity contribution in [3.05, 3.63) is 53.8 Å². The lowest BCUT2D eigenvalue weighted by Crippen LogP contribution is -2.22. The molecule has 0 spiro atoms. The Labute approximate surface area is 139 Å². The third kappa shape index (κ3) is 3.21. The molecule has 0 amide bonds. The number of aromatic nitrogens is 2. The standard InChI is InChI=1S/C16H11F4N5/c17-9-6-4-8(5-7-9)13-10-2-1-3-11(16(18,19)20)12(10)14(25-24-13)23-15(21)22/h1-7H,(H4,21,22,23,25). The monoisotopic (exact) mass is 349 g/mol. The maximum Gasteiger partial charge on any atom is 0.417 e. The summed E-state index contributed by atoms with van der Waals surface area (Å²) in [5, 5.41) is 7.52. The van der Waals surface area contributed by atoms with Gasteiger partial charge in [0.2, 0.25) is 0 Å². The van der Waals surface area contributed by atoms with Crippen LogP contribution in [0.4, 0.5) is 23.4 Å². The Balaban J connectivity index is 2.40. The number of guanidine groups is 1. The van der Waals surface area contributed by atoms with Crippen molar-refractivity contribution in [1.29, 1.82) is 0 Å². The zero-order chi connectivity index (χ0) is 18.2. The second kappa shape index (κ2) is 6.00. The smallest absolute Gasteiger partial charge is 0.370 e. The van der Waals surface area contributed by atoms with Crippen molar-refractivity contribution in [1.82, 2.24) is 10.2 Å². The fraction of sp³-hybridized carbons (Fsp3) is 0.0625. The van der Waals surface area contributed by atoms with E-state index in [4.69, 9.17) is 11.5 Å². The van der Waals surface area contributed by atoms with E-state index in [1.54, 1.807) is 0 Å². The van der Waals surface area contributed by atoms with E-state index in [1.165, 1.54) is 36.4 Å². The molecule has 1 aromatic heterocycles. The second-order valence-electron chi connectivity index (χ2n) is 5.14. The van der Waals surface area contributed by atoms with Crippen LogP contribution < -0.4 is 11.5 Å². The Morgan fingerprint density at radius 1 is 0.960 bits per heavy atom. The zero-order valence-corrected chi connectivity index (χ0v) is 12.5. The van der Waals surface area contributed by atoms with Crippen LogP contribution in [0.1, 0.15) is 5.56 Å². The summed E-state index contributed by atoms with van der Waals surface area (Å²) in [5.74, 6) is -1.26. The molecule has 3 rings (SSSR count). The molecule has 0 aliphatic heterocycles. The molecule has 5 nitrogen and oxygen atoms in total. The fourth-order valence-corrected chi connectivity index (χ4v) is 2.45. The average molecular weight is 349 g/mol. The van der Waals surface area contributed by atoms with Crippen molar-refractivity contribution >= 4 is 22.5 Å². The third-order valence-electron chi connectivity index (χ3n) is 3.45. The van der Waals surface area contributed by atoms with Gasteiger partial charge in [0.05, 0.1) is 5.56 Å². The number of nitrogens with zero attached hydrogens (tertiary/aromatic N) is 3. The lowest BCUT2D eigenvalue weighted by Gasteiger charge is -2.13. The van der Waals surface area contributed by atoms with Gasteiger partial charge in [0, 0.05) is 16.3 Å². The number of nitrogens with two attached hydrogens (primary N) is 2. The fourth-order valence-electron chi connectivity index (χ4n) is 2.45. The van der Waals surface area contributed by atoms with E-state index in [9.17, 15) is 17.6 Å². The molecule has 9 heteroatoms. The van der Waals surface area contributed by atoms with Crippen molar-refractivity contribution in [2.24, 2.45) is 16.5 Å². The highest BCUT2D eigenvalue weighted by Gasteiger charge is 2.34. The van der Waals surface area contributed by atoms with E-state index >= 15 is 0 Å². The Morgan fingerprint density at radius 2 is 1.64 bits per heavy atom. The van der Waals surface area contributed by atoms with E-state index in [-0.39, 0.29) is 22.3 Å². The first-order valence-electron chi connectivity index (χ1n) is 6.99. The molecule has 0 aliphatic carbocycles. The molecular weight excluding hydrogens is 338 g/mol. The van der Waals surface area contributed by atoms with Gasteiger partial charge in [0.15, 0.2) is 11.8 Å². The zero-order valence-electron chi connectivity index (χ0n) is 12.5. The van der Waals surface area contributed by atoms with Crippen LogP contribution in [-0.2, 0) is 6.18 Å². The van der Waals surface area contributed by atoms with Gasteiger partial charge >= 0.3 is 6.18 Å². The van der Waals surface area contributed by atoms with E-state index in [2.05, 4.69) is 15.2 Å². The highest BCUT2D eigenvalue weighted by atomic mass is 19.4. The van der Waals surface area contributed by atoms with Gasteiger partial charge in [-0.1, -0.05) is 12.1 Å². The molecule has 0 radical (unpaired) electrons. The SMILES string of the molecule is NC(N)=Nc1nnc(-c2ccc(F)cc2)c2cccc(C(F)(F)F)c12. The van der Waals surface area contributed by atoms with Crippen molar-refractivity contribution in [2.45, 2.75) is 6.18 Å². The summed E-state index contributed by atoms with van der Waals surface area (Å²) in [6.07, 6.45) is -4.64. The van der Waals surface area contributed by atoms with Gasteiger partial charge in [-0.25, -0.2) is 4.39 Å². The van der Waals surface area contributed by atoms with E-state index in [1.807, 2.05) is 0 Å². The molecule has 0 atom stereocenters. The van der Waals surface area contributed by atoms with Crippen molar-refractivity contribution in [2.75, 3.05) is 0 Å². The van der Waals surface area contributed by atoms with Gasteiger partial charge in [-0.05, 0) is 30.3 Å². The number of aliphatic imine (C=N–C) groups is 1. The number of halogens is 4. The van der Waals surface area contributed by atoms with Gasteiger partial charge < -0.3 is 11.5 Å². The topological polar surface area (TPSA) is 90.2 Å². The number of fused-ring (bicyclic) bond motifs is 1. The molecule has 0 unspecified atom stereocenters. The maximum absolute atomic E-state index is 13.4. The van der Waals surface area contributed by atoms with Crippen LogP contribution in [0.15, 0.2) is 47.5 Å². The summed E-state index contributed by atoms with van der Waals surface area (Å²) in [4.78, 5) is 3.65. The van der Waals surface area contributed by atoms with Crippen LogP contribution in [0.5, 0.6) is 0 Å². The molecule has 128 valence electrons. The first-order chi connectivity index (χ1) is 11.8. The van der Waals surface area contributed by atoms with Crippen LogP contribution in [0.3, 0.4) is 0 Å². The van der Waals surface area contributed by atoms with E-state index < -0.39 is 23.5 Å². The lowest BCUT2D eigenvalue weighted by atomic mass is 10.0. The van der Waals surface area contributed by atoms with Crippen LogP contribution in [0, 0.1) is 5.82 Å². The van der Waals surface area contributed by atoms with E-state index in [0.717, 1.165) is 6.07 Å². The van der Waals surface area contributed by atoms with E-state index in [0.29, 0.717) is 5.56 Å². The molecule has 1 heterocycles. The molecule has 3 aromatic rings. The van der Waals surface area contributed by atoms with Crippen LogP contribution in [0.25, 0.3) is 22.0 Å². The Kier molecular flexibility index (Phi) is 3.99. The summed E-state index contributed by atoms with van der Waals surface area (Å²) in [5.41, 5.74) is 10.2. The molecule has 0 bridgehead atoms. The summed E-state index contributed by atoms with van der Waals surface area (Å²) in [7, 11) is 0. The minimum absolute atomic E-state index is 0.149. The van der Waals surface area contributed by atoms with Crippen molar-refractivity contribution < 1.29 is 17.6 Å². The lowest BCUT2D eigenvalue weighted by molar-refractivity contribution is -0.136. The molecule has 25 heavy (non-hydrogen) atoms. The highest BCUT2D eigenvalue weighted by Crippen LogP contribution is 2.40. The molecule has 0 aliphatic rings. The number of alkyl halides is 3. The minimum Gasteiger partial charge on any atom is -0.370 e. The summed E-state index contributed by atoms with van der Waals surface area (Å²) >= 11 is 0. The Bertz CT molecular complexity index is 961. The molecule has 4 N–H and O–H groups in total. The van der Waals surface area contributed by atoms with Gasteiger partial charge in [-0.2, -0.15) is 18.2 Å². The summed E-state index contributed by atoms with van der Waals surface area (Å²) in [6.45, 7) is 0. The molecular formula is C16H11F4N5.